The lowest BCUT2D eigenvalue weighted by atomic mass is 10.1. The zero-order chi connectivity index (χ0) is 15.2. The molecular formula is C16H23N3O2. The molecule has 1 aromatic rings. The molecule has 0 saturated carbocycles. The minimum Gasteiger partial charge on any atom is -0.373 e. The largest absolute Gasteiger partial charge is 0.373 e. The van der Waals surface area contributed by atoms with Crippen molar-refractivity contribution in [2.75, 3.05) is 25.0 Å². The second-order valence-corrected chi connectivity index (χ2v) is 5.17. The van der Waals surface area contributed by atoms with E-state index in [1.807, 2.05) is 38.1 Å². The van der Waals surface area contributed by atoms with Crippen LogP contribution >= 0.6 is 0 Å². The van der Waals surface area contributed by atoms with E-state index in [0.29, 0.717) is 32.5 Å². The standard InChI is InChI=1S/C16H23N3O2/c1-3-19(4-2)15(20)9-10-17-16(21)14-11-12-7-5-6-8-13(12)18-14/h5-8,14,18H,3-4,9-11H2,1-2H3,(H,17,21)/t14-/m0/s1. The fraction of sp³-hybridized carbons (Fsp3) is 0.500. The molecule has 0 spiro atoms. The van der Waals surface area contributed by atoms with Crippen LogP contribution in [0.2, 0.25) is 0 Å². The number of hydrogen-bond donors (Lipinski definition) is 2. The summed E-state index contributed by atoms with van der Waals surface area (Å²) in [6.07, 6.45) is 1.05. The molecule has 1 atom stereocenters. The topological polar surface area (TPSA) is 61.4 Å². The Morgan fingerprint density at radius 1 is 1.29 bits per heavy atom. The van der Waals surface area contributed by atoms with Crippen molar-refractivity contribution < 1.29 is 9.59 Å². The van der Waals surface area contributed by atoms with E-state index in [9.17, 15) is 9.59 Å². The first-order valence-electron chi connectivity index (χ1n) is 7.55. The van der Waals surface area contributed by atoms with Gasteiger partial charge >= 0.3 is 0 Å². The highest BCUT2D eigenvalue weighted by Gasteiger charge is 2.26. The van der Waals surface area contributed by atoms with Gasteiger partial charge in [-0.3, -0.25) is 9.59 Å². The quantitative estimate of drug-likeness (QED) is 0.832. The number of nitrogens with zero attached hydrogens (tertiary/aromatic N) is 1. The number of amides is 2. The molecule has 114 valence electrons. The van der Waals surface area contributed by atoms with E-state index in [0.717, 1.165) is 11.3 Å². The maximum atomic E-state index is 12.1. The Bertz CT molecular complexity index is 487. The Balaban J connectivity index is 1.75. The summed E-state index contributed by atoms with van der Waals surface area (Å²) in [7, 11) is 0. The van der Waals surface area contributed by atoms with E-state index in [1.54, 1.807) is 4.90 Å². The van der Waals surface area contributed by atoms with Gasteiger partial charge in [0.2, 0.25) is 11.8 Å². The highest BCUT2D eigenvalue weighted by molar-refractivity contribution is 5.87. The van der Waals surface area contributed by atoms with E-state index in [-0.39, 0.29) is 17.9 Å². The summed E-state index contributed by atoms with van der Waals surface area (Å²) in [5.41, 5.74) is 2.19. The van der Waals surface area contributed by atoms with Gasteiger partial charge in [0.1, 0.15) is 6.04 Å². The molecule has 0 aliphatic carbocycles. The van der Waals surface area contributed by atoms with Gasteiger partial charge in [-0.1, -0.05) is 18.2 Å². The third-order valence-electron chi connectivity index (χ3n) is 3.84. The Kier molecular flexibility index (Phi) is 5.20. The fourth-order valence-corrected chi connectivity index (χ4v) is 2.61. The summed E-state index contributed by atoms with van der Waals surface area (Å²) in [5.74, 6) is 0.0431. The third kappa shape index (κ3) is 3.74. The number of anilines is 1. The molecule has 0 aromatic heterocycles. The van der Waals surface area contributed by atoms with Crippen molar-refractivity contribution >= 4 is 17.5 Å². The molecule has 5 heteroatoms. The summed E-state index contributed by atoms with van der Waals surface area (Å²) in [6, 6.07) is 7.70. The number of fused-ring (bicyclic) bond motifs is 1. The van der Waals surface area contributed by atoms with Crippen LogP contribution < -0.4 is 10.6 Å². The average molecular weight is 289 g/mol. The summed E-state index contributed by atoms with van der Waals surface area (Å²) in [6.45, 7) is 5.73. The average Bonchev–Trinajstić information content (AvgIpc) is 2.92. The third-order valence-corrected chi connectivity index (χ3v) is 3.84. The van der Waals surface area contributed by atoms with Crippen molar-refractivity contribution in [1.82, 2.24) is 10.2 Å². The van der Waals surface area contributed by atoms with E-state index in [1.165, 1.54) is 0 Å². The van der Waals surface area contributed by atoms with Crippen LogP contribution in [0.15, 0.2) is 24.3 Å². The van der Waals surface area contributed by atoms with E-state index in [2.05, 4.69) is 10.6 Å². The number of nitrogens with one attached hydrogen (secondary N) is 2. The molecule has 5 nitrogen and oxygen atoms in total. The SMILES string of the molecule is CCN(CC)C(=O)CCNC(=O)[C@@H]1Cc2ccccc2N1. The molecule has 2 N–H and O–H groups in total. The maximum Gasteiger partial charge on any atom is 0.242 e. The molecular weight excluding hydrogens is 266 g/mol. The minimum absolute atomic E-state index is 0.0430. The van der Waals surface area contributed by atoms with Gasteiger partial charge in [-0.15, -0.1) is 0 Å². The Labute approximate surface area is 125 Å². The molecule has 1 aliphatic rings. The van der Waals surface area contributed by atoms with E-state index >= 15 is 0 Å². The summed E-state index contributed by atoms with van der Waals surface area (Å²) in [5, 5.41) is 6.05. The van der Waals surface area contributed by atoms with Crippen molar-refractivity contribution in [2.45, 2.75) is 32.7 Å². The van der Waals surface area contributed by atoms with Crippen molar-refractivity contribution in [3.8, 4) is 0 Å². The second-order valence-electron chi connectivity index (χ2n) is 5.17. The molecule has 1 aliphatic heterocycles. The van der Waals surface area contributed by atoms with Crippen molar-refractivity contribution in [3.05, 3.63) is 29.8 Å². The molecule has 0 saturated heterocycles. The Hall–Kier alpha value is -2.04. The maximum absolute atomic E-state index is 12.1. The first-order chi connectivity index (χ1) is 10.2. The van der Waals surface area contributed by atoms with Crippen molar-refractivity contribution in [3.63, 3.8) is 0 Å². The lowest BCUT2D eigenvalue weighted by Gasteiger charge is -2.19. The van der Waals surface area contributed by atoms with Crippen LogP contribution in [0.3, 0.4) is 0 Å². The molecule has 1 heterocycles. The number of para-hydroxylation sites is 1. The van der Waals surface area contributed by atoms with Gasteiger partial charge in [-0.25, -0.2) is 0 Å². The monoisotopic (exact) mass is 289 g/mol. The lowest BCUT2D eigenvalue weighted by Crippen LogP contribution is -2.40. The van der Waals surface area contributed by atoms with Crippen molar-refractivity contribution in [1.29, 1.82) is 0 Å². The van der Waals surface area contributed by atoms with Crippen molar-refractivity contribution in [2.24, 2.45) is 0 Å². The van der Waals surface area contributed by atoms with Crippen LogP contribution in [-0.2, 0) is 16.0 Å². The van der Waals surface area contributed by atoms with Gasteiger partial charge in [-0.05, 0) is 25.5 Å². The van der Waals surface area contributed by atoms with Crippen LogP contribution in [0.4, 0.5) is 5.69 Å². The van der Waals surface area contributed by atoms with Crippen LogP contribution in [0.5, 0.6) is 0 Å². The first-order valence-corrected chi connectivity index (χ1v) is 7.55. The van der Waals surface area contributed by atoms with Crippen LogP contribution in [0, 0.1) is 0 Å². The number of rotatable bonds is 6. The number of carbonyl (C=O) groups excluding carboxylic acids is 2. The zero-order valence-electron chi connectivity index (χ0n) is 12.7. The van der Waals surface area contributed by atoms with Gasteiger partial charge in [0, 0.05) is 38.2 Å². The second kappa shape index (κ2) is 7.11. The van der Waals surface area contributed by atoms with E-state index in [4.69, 9.17) is 0 Å². The molecule has 0 fully saturated rings. The normalized spacial score (nSPS) is 16.0. The molecule has 0 bridgehead atoms. The molecule has 0 unspecified atom stereocenters. The molecule has 0 radical (unpaired) electrons. The fourth-order valence-electron chi connectivity index (χ4n) is 2.61. The van der Waals surface area contributed by atoms with Gasteiger partial charge in [0.25, 0.3) is 0 Å². The molecule has 2 amide bonds. The predicted molar refractivity (Wildman–Crippen MR) is 83.1 cm³/mol. The van der Waals surface area contributed by atoms with Gasteiger partial charge in [0.15, 0.2) is 0 Å². The van der Waals surface area contributed by atoms with Gasteiger partial charge in [-0.2, -0.15) is 0 Å². The number of benzene rings is 1. The zero-order valence-corrected chi connectivity index (χ0v) is 12.7. The van der Waals surface area contributed by atoms with Gasteiger partial charge < -0.3 is 15.5 Å². The summed E-state index contributed by atoms with van der Waals surface area (Å²) in [4.78, 5) is 25.7. The highest BCUT2D eigenvalue weighted by Crippen LogP contribution is 2.24. The van der Waals surface area contributed by atoms with Crippen LogP contribution in [0.25, 0.3) is 0 Å². The van der Waals surface area contributed by atoms with Gasteiger partial charge in [0.05, 0.1) is 0 Å². The smallest absolute Gasteiger partial charge is 0.242 e. The molecule has 1 aromatic carbocycles. The number of hydrogen-bond acceptors (Lipinski definition) is 3. The predicted octanol–water partition coefficient (Wildman–Crippen LogP) is 1.40. The van der Waals surface area contributed by atoms with E-state index < -0.39 is 0 Å². The highest BCUT2D eigenvalue weighted by atomic mass is 16.2. The molecule has 2 rings (SSSR count). The minimum atomic E-state index is -0.231. The Morgan fingerprint density at radius 3 is 2.67 bits per heavy atom. The van der Waals surface area contributed by atoms with Crippen LogP contribution in [-0.4, -0.2) is 42.4 Å². The Morgan fingerprint density at radius 2 is 2.00 bits per heavy atom. The summed E-state index contributed by atoms with van der Waals surface area (Å²) < 4.78 is 0. The summed E-state index contributed by atoms with van der Waals surface area (Å²) >= 11 is 0. The van der Waals surface area contributed by atoms with Crippen LogP contribution in [0.1, 0.15) is 25.8 Å². The first kappa shape index (κ1) is 15.4. The number of carbonyl (C=O) groups is 2. The lowest BCUT2D eigenvalue weighted by molar-refractivity contribution is -0.130. The molecule has 21 heavy (non-hydrogen) atoms.